The summed E-state index contributed by atoms with van der Waals surface area (Å²) in [5, 5.41) is 0. The van der Waals surface area contributed by atoms with Crippen LogP contribution in [0.15, 0.2) is 24.3 Å². The van der Waals surface area contributed by atoms with Crippen LogP contribution in [0.4, 0.5) is 0 Å². The molecule has 6 unspecified atom stereocenters. The third-order valence-corrected chi connectivity index (χ3v) is 8.56. The van der Waals surface area contributed by atoms with Gasteiger partial charge in [0, 0.05) is 12.8 Å². The molecule has 4 bridgehead atoms. The Bertz CT molecular complexity index is 529. The van der Waals surface area contributed by atoms with E-state index in [0.717, 1.165) is 61.2 Å². The summed E-state index contributed by atoms with van der Waals surface area (Å²) in [5.41, 5.74) is 0.800. The van der Waals surface area contributed by atoms with Gasteiger partial charge in [-0.15, -0.1) is 0 Å². The van der Waals surface area contributed by atoms with Crippen LogP contribution in [-0.4, -0.2) is 5.78 Å². The van der Waals surface area contributed by atoms with E-state index >= 15 is 0 Å². The maximum atomic E-state index is 12.6. The van der Waals surface area contributed by atoms with Crippen LogP contribution in [0.5, 0.6) is 0 Å². The van der Waals surface area contributed by atoms with E-state index in [-0.39, 0.29) is 0 Å². The fourth-order valence-electron chi connectivity index (χ4n) is 6.74. The molecule has 2 fully saturated rings. The van der Waals surface area contributed by atoms with E-state index < -0.39 is 0 Å². The van der Waals surface area contributed by atoms with Crippen molar-refractivity contribution in [3.05, 3.63) is 24.3 Å². The molecule has 4 aliphatic rings. The molecule has 0 heterocycles. The van der Waals surface area contributed by atoms with Crippen LogP contribution < -0.4 is 0 Å². The van der Waals surface area contributed by atoms with Crippen molar-refractivity contribution in [2.24, 2.45) is 46.3 Å². The van der Waals surface area contributed by atoms with E-state index in [1.165, 1.54) is 12.8 Å². The fourth-order valence-corrected chi connectivity index (χ4v) is 6.74. The van der Waals surface area contributed by atoms with Crippen LogP contribution in [0.2, 0.25) is 0 Å². The van der Waals surface area contributed by atoms with Crippen LogP contribution >= 0.6 is 0 Å². The Hall–Kier alpha value is -0.850. The van der Waals surface area contributed by atoms with Crippen molar-refractivity contribution in [2.75, 3.05) is 0 Å². The number of hydrogen-bond acceptors (Lipinski definition) is 1. The van der Waals surface area contributed by atoms with Gasteiger partial charge < -0.3 is 0 Å². The number of Topliss-reactive ketones (excluding diaryl/α,β-unsaturated/α-hetero) is 1. The van der Waals surface area contributed by atoms with E-state index in [1.54, 1.807) is 0 Å². The maximum absolute atomic E-state index is 12.6. The van der Waals surface area contributed by atoms with Gasteiger partial charge in [0.2, 0.25) is 0 Å². The molecule has 132 valence electrons. The Morgan fingerprint density at radius 2 is 1.21 bits per heavy atom. The monoisotopic (exact) mass is 326 g/mol. The largest absolute Gasteiger partial charge is 0.300 e. The fraction of sp³-hybridized carbons (Fsp3) is 0.783. The van der Waals surface area contributed by atoms with Gasteiger partial charge in [0.15, 0.2) is 0 Å². The number of carbonyl (C=O) groups is 1. The number of fused-ring (bicyclic) bond motifs is 4. The molecule has 0 aliphatic heterocycles. The third-order valence-electron chi connectivity index (χ3n) is 8.56. The maximum Gasteiger partial charge on any atom is 0.132 e. The van der Waals surface area contributed by atoms with Gasteiger partial charge in [-0.3, -0.25) is 4.79 Å². The Balaban J connectivity index is 1.28. The number of ketones is 1. The van der Waals surface area contributed by atoms with Gasteiger partial charge in [-0.1, -0.05) is 52.0 Å². The first kappa shape index (κ1) is 16.6. The van der Waals surface area contributed by atoms with E-state index in [0.29, 0.717) is 16.6 Å². The predicted octanol–water partition coefficient (Wildman–Crippen LogP) is 5.81. The van der Waals surface area contributed by atoms with Gasteiger partial charge in [0.25, 0.3) is 0 Å². The Morgan fingerprint density at radius 1 is 0.792 bits per heavy atom. The van der Waals surface area contributed by atoms with E-state index in [2.05, 4.69) is 52.0 Å². The minimum absolute atomic E-state index is 0.400. The van der Waals surface area contributed by atoms with Crippen molar-refractivity contribution >= 4 is 5.78 Å². The summed E-state index contributed by atoms with van der Waals surface area (Å²) in [4.78, 5) is 12.6. The van der Waals surface area contributed by atoms with Crippen molar-refractivity contribution in [3.8, 4) is 0 Å². The average molecular weight is 327 g/mol. The summed E-state index contributed by atoms with van der Waals surface area (Å²) in [5.74, 6) is 4.95. The summed E-state index contributed by atoms with van der Waals surface area (Å²) in [7, 11) is 0. The van der Waals surface area contributed by atoms with Crippen LogP contribution in [0, 0.1) is 46.3 Å². The summed E-state index contributed by atoms with van der Waals surface area (Å²) in [6, 6.07) is 0. The number of hydrogen-bond donors (Lipinski definition) is 0. The molecule has 1 nitrogen and oxygen atoms in total. The minimum Gasteiger partial charge on any atom is -0.300 e. The highest BCUT2D eigenvalue weighted by Gasteiger charge is 2.50. The second kappa shape index (κ2) is 5.58. The lowest BCUT2D eigenvalue weighted by Crippen LogP contribution is -2.29. The summed E-state index contributed by atoms with van der Waals surface area (Å²) in [6.45, 7) is 9.67. The average Bonchev–Trinajstić information content (AvgIpc) is 3.23. The summed E-state index contributed by atoms with van der Waals surface area (Å²) < 4.78 is 0. The van der Waals surface area contributed by atoms with Crippen molar-refractivity contribution < 1.29 is 4.79 Å². The highest BCUT2D eigenvalue weighted by atomic mass is 16.1. The molecule has 2 saturated carbocycles. The topological polar surface area (TPSA) is 17.1 Å². The van der Waals surface area contributed by atoms with Crippen molar-refractivity contribution in [2.45, 2.75) is 66.2 Å². The van der Waals surface area contributed by atoms with Crippen LogP contribution in [-0.2, 0) is 4.79 Å². The first-order chi connectivity index (χ1) is 11.3. The van der Waals surface area contributed by atoms with E-state index in [1.807, 2.05) is 0 Å². The van der Waals surface area contributed by atoms with Crippen molar-refractivity contribution in [3.63, 3.8) is 0 Å². The van der Waals surface area contributed by atoms with E-state index in [4.69, 9.17) is 0 Å². The van der Waals surface area contributed by atoms with Crippen LogP contribution in [0.3, 0.4) is 0 Å². The van der Waals surface area contributed by atoms with Crippen molar-refractivity contribution in [1.82, 2.24) is 0 Å². The summed E-state index contributed by atoms with van der Waals surface area (Å²) >= 11 is 0. The number of rotatable bonds is 6. The molecule has 24 heavy (non-hydrogen) atoms. The van der Waals surface area contributed by atoms with Gasteiger partial charge in [0.05, 0.1) is 0 Å². The molecular weight excluding hydrogens is 292 g/mol. The highest BCUT2D eigenvalue weighted by molar-refractivity contribution is 5.78. The number of carbonyl (C=O) groups excluding carboxylic acids is 1. The second-order valence-corrected chi connectivity index (χ2v) is 10.3. The molecule has 1 heteroatoms. The quantitative estimate of drug-likeness (QED) is 0.563. The summed E-state index contributed by atoms with van der Waals surface area (Å²) in [6.07, 6.45) is 16.2. The zero-order valence-corrected chi connectivity index (χ0v) is 15.9. The van der Waals surface area contributed by atoms with Gasteiger partial charge in [-0.05, 0) is 72.0 Å². The molecule has 0 aromatic heterocycles. The van der Waals surface area contributed by atoms with Crippen LogP contribution in [0.25, 0.3) is 0 Å². The molecule has 0 aromatic rings. The third kappa shape index (κ3) is 2.45. The van der Waals surface area contributed by atoms with Gasteiger partial charge in [-0.2, -0.15) is 0 Å². The standard InChI is InChI=1S/C23H34O/c1-22(2)17-7-5-15(13-17)20(22)11-9-19(24)10-12-21-16-6-8-18(14-16)23(21,3)4/h5-8,15-18,20-21H,9-14H2,1-4H3. The zero-order valence-electron chi connectivity index (χ0n) is 15.9. The Kier molecular flexibility index (Phi) is 3.86. The lowest BCUT2D eigenvalue weighted by molar-refractivity contribution is -0.120. The molecule has 0 saturated heterocycles. The first-order valence-corrected chi connectivity index (χ1v) is 10.2. The lowest BCUT2D eigenvalue weighted by Gasteiger charge is -2.36. The highest BCUT2D eigenvalue weighted by Crippen LogP contribution is 2.58. The Morgan fingerprint density at radius 3 is 1.54 bits per heavy atom. The van der Waals surface area contributed by atoms with Gasteiger partial charge in [-0.25, -0.2) is 0 Å². The molecule has 0 aromatic carbocycles. The first-order valence-electron chi connectivity index (χ1n) is 10.2. The molecule has 6 atom stereocenters. The molecule has 0 amide bonds. The zero-order chi connectivity index (χ0) is 17.1. The molecule has 0 spiro atoms. The molecule has 0 N–H and O–H groups in total. The predicted molar refractivity (Wildman–Crippen MR) is 99.5 cm³/mol. The smallest absolute Gasteiger partial charge is 0.132 e. The lowest BCUT2D eigenvalue weighted by atomic mass is 9.68. The molecule has 0 radical (unpaired) electrons. The van der Waals surface area contributed by atoms with Crippen molar-refractivity contribution in [1.29, 1.82) is 0 Å². The SMILES string of the molecule is CC1(C)C2C=CC(C2)C1CCC(=O)CCC1C2C=CC(C2)C1(C)C. The minimum atomic E-state index is 0.400. The second-order valence-electron chi connectivity index (χ2n) is 10.3. The molecule has 4 aliphatic carbocycles. The molecule has 4 rings (SSSR count). The normalized spacial score (nSPS) is 43.0. The Labute approximate surface area is 148 Å². The van der Waals surface area contributed by atoms with Crippen LogP contribution in [0.1, 0.15) is 66.2 Å². The molecular formula is C23H34O. The van der Waals surface area contributed by atoms with Gasteiger partial charge >= 0.3 is 0 Å². The van der Waals surface area contributed by atoms with Gasteiger partial charge in [0.1, 0.15) is 5.78 Å². The van der Waals surface area contributed by atoms with E-state index in [9.17, 15) is 4.79 Å². The number of allylic oxidation sites excluding steroid dienone is 4.